The van der Waals surface area contributed by atoms with Crippen molar-refractivity contribution in [1.29, 1.82) is 0 Å². The average molecular weight is 339 g/mol. The van der Waals surface area contributed by atoms with Crippen LogP contribution < -0.4 is 10.5 Å². The quantitative estimate of drug-likeness (QED) is 0.671. The van der Waals surface area contributed by atoms with Crippen molar-refractivity contribution in [3.05, 3.63) is 70.4 Å². The number of hydrogen-bond acceptors (Lipinski definition) is 4. The SMILES string of the molecule is O=c1cc(-c2ccccc2)cc2n1CCCN2c1cc(Cl)ncn1. The predicted molar refractivity (Wildman–Crippen MR) is 94.8 cm³/mol. The summed E-state index contributed by atoms with van der Waals surface area (Å²) in [6.45, 7) is 1.49. The van der Waals surface area contributed by atoms with Crippen LogP contribution in [-0.2, 0) is 6.54 Å². The van der Waals surface area contributed by atoms with E-state index in [1.807, 2.05) is 41.3 Å². The summed E-state index contributed by atoms with van der Waals surface area (Å²) in [6, 6.07) is 15.3. The number of aromatic nitrogens is 3. The number of hydrogen-bond donors (Lipinski definition) is 0. The van der Waals surface area contributed by atoms with Gasteiger partial charge in [0, 0.05) is 25.2 Å². The molecule has 2 aromatic heterocycles. The maximum absolute atomic E-state index is 12.6. The van der Waals surface area contributed by atoms with E-state index in [1.165, 1.54) is 6.33 Å². The molecule has 0 radical (unpaired) electrons. The Hall–Kier alpha value is -2.66. The highest BCUT2D eigenvalue weighted by atomic mass is 35.5. The lowest BCUT2D eigenvalue weighted by Gasteiger charge is -2.31. The number of fused-ring (bicyclic) bond motifs is 1. The van der Waals surface area contributed by atoms with E-state index in [0.717, 1.165) is 29.9 Å². The van der Waals surface area contributed by atoms with Crippen molar-refractivity contribution in [2.45, 2.75) is 13.0 Å². The Bertz CT molecular complexity index is 939. The molecule has 5 nitrogen and oxygen atoms in total. The average Bonchev–Trinajstić information content (AvgIpc) is 2.62. The van der Waals surface area contributed by atoms with Crippen LogP contribution in [0.4, 0.5) is 11.6 Å². The minimum Gasteiger partial charge on any atom is -0.312 e. The summed E-state index contributed by atoms with van der Waals surface area (Å²) >= 11 is 6.00. The number of halogens is 1. The van der Waals surface area contributed by atoms with Gasteiger partial charge in [0.15, 0.2) is 0 Å². The highest BCUT2D eigenvalue weighted by Crippen LogP contribution is 2.30. The smallest absolute Gasteiger partial charge is 0.252 e. The van der Waals surface area contributed by atoms with Gasteiger partial charge in [-0.15, -0.1) is 0 Å². The fraction of sp³-hybridized carbons (Fsp3) is 0.167. The summed E-state index contributed by atoms with van der Waals surface area (Å²) in [5, 5.41) is 0.388. The maximum Gasteiger partial charge on any atom is 0.252 e. The summed E-state index contributed by atoms with van der Waals surface area (Å²) in [5.41, 5.74) is 1.92. The molecule has 0 saturated heterocycles. The minimum atomic E-state index is -0.00351. The third kappa shape index (κ3) is 2.67. The van der Waals surface area contributed by atoms with Crippen molar-refractivity contribution in [3.63, 3.8) is 0 Å². The van der Waals surface area contributed by atoms with Crippen molar-refractivity contribution < 1.29 is 0 Å². The third-order valence-electron chi connectivity index (χ3n) is 4.15. The van der Waals surface area contributed by atoms with Gasteiger partial charge in [0.05, 0.1) is 0 Å². The fourth-order valence-corrected chi connectivity index (χ4v) is 3.17. The van der Waals surface area contributed by atoms with Crippen molar-refractivity contribution in [1.82, 2.24) is 14.5 Å². The molecule has 0 atom stereocenters. The Labute approximate surface area is 144 Å². The second kappa shape index (κ2) is 6.09. The molecular formula is C18H15ClN4O. The Balaban J connectivity index is 1.87. The van der Waals surface area contributed by atoms with Gasteiger partial charge in [0.25, 0.3) is 5.56 Å². The van der Waals surface area contributed by atoms with Gasteiger partial charge in [0.2, 0.25) is 0 Å². The van der Waals surface area contributed by atoms with E-state index in [9.17, 15) is 4.79 Å². The molecule has 0 spiro atoms. The summed E-state index contributed by atoms with van der Waals surface area (Å²) < 4.78 is 1.78. The molecule has 0 amide bonds. The third-order valence-corrected chi connectivity index (χ3v) is 4.36. The summed E-state index contributed by atoms with van der Waals surface area (Å²) in [4.78, 5) is 22.8. The lowest BCUT2D eigenvalue weighted by Crippen LogP contribution is -2.35. The van der Waals surface area contributed by atoms with Crippen molar-refractivity contribution in [2.24, 2.45) is 0 Å². The molecule has 1 aliphatic heterocycles. The molecule has 0 N–H and O–H groups in total. The molecule has 0 unspecified atom stereocenters. The zero-order chi connectivity index (χ0) is 16.5. The topological polar surface area (TPSA) is 51.0 Å². The van der Waals surface area contributed by atoms with Gasteiger partial charge in [-0.05, 0) is 23.6 Å². The predicted octanol–water partition coefficient (Wildman–Crippen LogP) is 3.50. The van der Waals surface area contributed by atoms with Crippen LogP contribution in [0, 0.1) is 0 Å². The van der Waals surface area contributed by atoms with Crippen LogP contribution in [0.2, 0.25) is 5.15 Å². The van der Waals surface area contributed by atoms with Gasteiger partial charge in [-0.2, -0.15) is 0 Å². The molecule has 3 aromatic rings. The monoisotopic (exact) mass is 338 g/mol. The van der Waals surface area contributed by atoms with Gasteiger partial charge >= 0.3 is 0 Å². The van der Waals surface area contributed by atoms with Crippen LogP contribution in [0.5, 0.6) is 0 Å². The Morgan fingerprint density at radius 1 is 0.958 bits per heavy atom. The number of pyridine rings is 1. The van der Waals surface area contributed by atoms with Gasteiger partial charge in [-0.3, -0.25) is 9.36 Å². The molecule has 0 aliphatic carbocycles. The first-order chi connectivity index (χ1) is 11.7. The summed E-state index contributed by atoms with van der Waals surface area (Å²) in [6.07, 6.45) is 2.31. The van der Waals surface area contributed by atoms with Gasteiger partial charge in [0.1, 0.15) is 23.1 Å². The maximum atomic E-state index is 12.6. The van der Waals surface area contributed by atoms with Crippen molar-refractivity contribution in [2.75, 3.05) is 11.4 Å². The first-order valence-electron chi connectivity index (χ1n) is 7.78. The van der Waals surface area contributed by atoms with Gasteiger partial charge < -0.3 is 4.90 Å². The Kier molecular flexibility index (Phi) is 3.78. The summed E-state index contributed by atoms with van der Waals surface area (Å²) in [5.74, 6) is 1.54. The molecule has 6 heteroatoms. The summed E-state index contributed by atoms with van der Waals surface area (Å²) in [7, 11) is 0. The van der Waals surface area contributed by atoms with Crippen LogP contribution >= 0.6 is 11.6 Å². The molecule has 3 heterocycles. The molecule has 1 aliphatic rings. The number of anilines is 2. The Morgan fingerprint density at radius 2 is 1.79 bits per heavy atom. The lowest BCUT2D eigenvalue weighted by atomic mass is 10.1. The first-order valence-corrected chi connectivity index (χ1v) is 8.15. The van der Waals surface area contributed by atoms with Crippen LogP contribution in [0.25, 0.3) is 11.1 Å². The lowest BCUT2D eigenvalue weighted by molar-refractivity contribution is 0.574. The second-order valence-corrected chi connectivity index (χ2v) is 6.05. The van der Waals surface area contributed by atoms with Crippen LogP contribution in [0.3, 0.4) is 0 Å². The van der Waals surface area contributed by atoms with Crippen LogP contribution in [0.15, 0.2) is 59.7 Å². The van der Waals surface area contributed by atoms with E-state index < -0.39 is 0 Å². The van der Waals surface area contributed by atoms with E-state index in [4.69, 9.17) is 11.6 Å². The van der Waals surface area contributed by atoms with E-state index in [1.54, 1.807) is 16.7 Å². The zero-order valence-electron chi connectivity index (χ0n) is 12.9. The van der Waals surface area contributed by atoms with Crippen molar-refractivity contribution >= 4 is 23.2 Å². The molecule has 0 saturated carbocycles. The molecular weight excluding hydrogens is 324 g/mol. The van der Waals surface area contributed by atoms with E-state index in [0.29, 0.717) is 17.5 Å². The minimum absolute atomic E-state index is 0.00351. The van der Waals surface area contributed by atoms with Gasteiger partial charge in [-0.1, -0.05) is 41.9 Å². The molecule has 0 fully saturated rings. The molecule has 120 valence electrons. The molecule has 0 bridgehead atoms. The first kappa shape index (κ1) is 14.9. The normalized spacial score (nSPS) is 13.6. The highest BCUT2D eigenvalue weighted by molar-refractivity contribution is 6.29. The van der Waals surface area contributed by atoms with Crippen LogP contribution in [-0.4, -0.2) is 21.1 Å². The second-order valence-electron chi connectivity index (χ2n) is 5.66. The number of rotatable bonds is 2. The fourth-order valence-electron chi connectivity index (χ4n) is 3.03. The van der Waals surface area contributed by atoms with Crippen molar-refractivity contribution in [3.8, 4) is 11.1 Å². The number of benzene rings is 1. The Morgan fingerprint density at radius 3 is 2.58 bits per heavy atom. The van der Waals surface area contributed by atoms with E-state index >= 15 is 0 Å². The standard InChI is InChI=1S/C18H15ClN4O/c19-15-11-16(21-12-20-15)22-7-4-8-23-17(22)9-14(10-18(23)24)13-5-2-1-3-6-13/h1-3,5-6,9-12H,4,7-8H2. The molecule has 4 rings (SSSR count). The molecule has 1 aromatic carbocycles. The van der Waals surface area contributed by atoms with Gasteiger partial charge in [-0.25, -0.2) is 9.97 Å². The largest absolute Gasteiger partial charge is 0.312 e. The van der Waals surface area contributed by atoms with E-state index in [2.05, 4.69) is 9.97 Å². The van der Waals surface area contributed by atoms with Crippen LogP contribution in [0.1, 0.15) is 6.42 Å². The van der Waals surface area contributed by atoms with E-state index in [-0.39, 0.29) is 5.56 Å². The highest BCUT2D eigenvalue weighted by Gasteiger charge is 2.21. The zero-order valence-corrected chi connectivity index (χ0v) is 13.6. The number of nitrogens with zero attached hydrogens (tertiary/aromatic N) is 4. The molecule has 24 heavy (non-hydrogen) atoms.